The van der Waals surface area contributed by atoms with Crippen molar-refractivity contribution in [3.63, 3.8) is 0 Å². The van der Waals surface area contributed by atoms with E-state index in [1.165, 1.54) is 0 Å². The summed E-state index contributed by atoms with van der Waals surface area (Å²) in [6, 6.07) is 15.5. The van der Waals surface area contributed by atoms with Gasteiger partial charge in [-0.25, -0.2) is 0 Å². The monoisotopic (exact) mass is 387 g/mol. The van der Waals surface area contributed by atoms with Crippen molar-refractivity contribution in [3.05, 3.63) is 64.7 Å². The highest BCUT2D eigenvalue weighted by Crippen LogP contribution is 2.18. The summed E-state index contributed by atoms with van der Waals surface area (Å²) in [5.74, 6) is -0.0178. The number of hydrogen-bond acceptors (Lipinski definition) is 4. The van der Waals surface area contributed by atoms with Crippen LogP contribution in [0.15, 0.2) is 48.5 Å². The van der Waals surface area contributed by atoms with Gasteiger partial charge in [0.15, 0.2) is 0 Å². The lowest BCUT2D eigenvalue weighted by molar-refractivity contribution is -0.134. The third kappa shape index (κ3) is 10.6. The Hall–Kier alpha value is -1.79. The predicted molar refractivity (Wildman–Crippen MR) is 102 cm³/mol. The molecule has 0 aliphatic carbocycles. The minimum absolute atomic E-state index is 0. The molecule has 2 aromatic carbocycles. The minimum atomic E-state index is -0.833. The molecular formula is C18H23Cl2NO4. The third-order valence-electron chi connectivity index (χ3n) is 2.89. The number of nitrogens with one attached hydrogen (secondary N) is 1. The van der Waals surface area contributed by atoms with E-state index < -0.39 is 5.97 Å². The number of aliphatic carboxylic acids is 1. The first-order valence-corrected chi connectivity index (χ1v) is 7.87. The molecule has 0 heterocycles. The summed E-state index contributed by atoms with van der Waals surface area (Å²) >= 11 is 6.08. The average Bonchev–Trinajstić information content (AvgIpc) is 2.55. The normalized spacial score (nSPS) is 9.40. The molecule has 0 aliphatic rings. The summed E-state index contributed by atoms with van der Waals surface area (Å²) in [7, 11) is 0. The second-order valence-corrected chi connectivity index (χ2v) is 5.35. The highest BCUT2D eigenvalue weighted by molar-refractivity contribution is 6.31. The number of carboxylic acids is 1. The van der Waals surface area contributed by atoms with Crippen LogP contribution in [0.4, 0.5) is 0 Å². The zero-order chi connectivity index (χ0) is 17.8. The first kappa shape index (κ1) is 23.2. The SMILES string of the molecule is CC(=O)O.Cl.OCCNCc1ccc(OCc2ccccc2Cl)cc1. The molecule has 0 spiro atoms. The number of aliphatic hydroxyl groups is 1. The molecule has 0 amide bonds. The highest BCUT2D eigenvalue weighted by Gasteiger charge is 2.00. The number of benzene rings is 2. The van der Waals surface area contributed by atoms with Gasteiger partial charge < -0.3 is 20.3 Å². The molecule has 0 aliphatic heterocycles. The zero-order valence-electron chi connectivity index (χ0n) is 13.9. The summed E-state index contributed by atoms with van der Waals surface area (Å²) in [5, 5.41) is 20.0. The molecule has 7 heteroatoms. The molecule has 0 radical (unpaired) electrons. The van der Waals surface area contributed by atoms with Crippen LogP contribution in [0, 0.1) is 0 Å². The number of hydrogen-bond donors (Lipinski definition) is 3. The summed E-state index contributed by atoms with van der Waals surface area (Å²) < 4.78 is 5.71. The van der Waals surface area contributed by atoms with Gasteiger partial charge in [0.2, 0.25) is 0 Å². The molecule has 3 N–H and O–H groups in total. The Kier molecular flexibility index (Phi) is 12.5. The fourth-order valence-corrected chi connectivity index (χ4v) is 1.98. The van der Waals surface area contributed by atoms with E-state index >= 15 is 0 Å². The second-order valence-electron chi connectivity index (χ2n) is 4.94. The van der Waals surface area contributed by atoms with Crippen molar-refractivity contribution in [3.8, 4) is 5.75 Å². The lowest BCUT2D eigenvalue weighted by atomic mass is 10.2. The van der Waals surface area contributed by atoms with Crippen molar-refractivity contribution in [2.24, 2.45) is 0 Å². The van der Waals surface area contributed by atoms with Crippen LogP contribution in [-0.4, -0.2) is 29.3 Å². The summed E-state index contributed by atoms with van der Waals surface area (Å²) in [6.07, 6.45) is 0. The fourth-order valence-electron chi connectivity index (χ4n) is 1.79. The van der Waals surface area contributed by atoms with Crippen LogP contribution in [0.25, 0.3) is 0 Å². The van der Waals surface area contributed by atoms with Crippen molar-refractivity contribution in [1.29, 1.82) is 0 Å². The van der Waals surface area contributed by atoms with Crippen LogP contribution in [0.1, 0.15) is 18.1 Å². The molecular weight excluding hydrogens is 365 g/mol. The van der Waals surface area contributed by atoms with E-state index in [0.29, 0.717) is 13.2 Å². The van der Waals surface area contributed by atoms with Crippen molar-refractivity contribution in [2.75, 3.05) is 13.2 Å². The number of ether oxygens (including phenoxy) is 1. The maximum Gasteiger partial charge on any atom is 0.300 e. The molecule has 25 heavy (non-hydrogen) atoms. The number of carboxylic acid groups (broad SMARTS) is 1. The first-order chi connectivity index (χ1) is 11.5. The zero-order valence-corrected chi connectivity index (χ0v) is 15.5. The van der Waals surface area contributed by atoms with Crippen molar-refractivity contribution >= 4 is 30.0 Å². The average molecular weight is 388 g/mol. The van der Waals surface area contributed by atoms with Crippen LogP contribution in [-0.2, 0) is 17.9 Å². The van der Waals surface area contributed by atoms with E-state index in [0.717, 1.165) is 35.4 Å². The standard InChI is InChI=1S/C16H18ClNO2.C2H4O2.ClH/c17-16-4-2-1-3-14(16)12-20-15-7-5-13(6-8-15)11-18-9-10-19;1-2(3)4;/h1-8,18-19H,9-12H2;1H3,(H,3,4);1H. The van der Waals surface area contributed by atoms with E-state index in [1.807, 2.05) is 48.5 Å². The Morgan fingerprint density at radius 1 is 1.16 bits per heavy atom. The molecule has 0 aromatic heterocycles. The maximum atomic E-state index is 9.00. The molecule has 0 bridgehead atoms. The molecule has 0 atom stereocenters. The van der Waals surface area contributed by atoms with Crippen LogP contribution in [0.3, 0.4) is 0 Å². The highest BCUT2D eigenvalue weighted by atomic mass is 35.5. The molecule has 0 fully saturated rings. The third-order valence-corrected chi connectivity index (χ3v) is 3.26. The summed E-state index contributed by atoms with van der Waals surface area (Å²) in [5.41, 5.74) is 2.13. The first-order valence-electron chi connectivity index (χ1n) is 7.49. The van der Waals surface area contributed by atoms with E-state index in [1.54, 1.807) is 0 Å². The second kappa shape index (κ2) is 13.5. The van der Waals surface area contributed by atoms with Crippen molar-refractivity contribution in [1.82, 2.24) is 5.32 Å². The lowest BCUT2D eigenvalue weighted by Gasteiger charge is -2.09. The van der Waals surface area contributed by atoms with Gasteiger partial charge in [-0.3, -0.25) is 4.79 Å². The van der Waals surface area contributed by atoms with E-state index in [9.17, 15) is 0 Å². The summed E-state index contributed by atoms with van der Waals surface area (Å²) in [6.45, 7) is 3.04. The van der Waals surface area contributed by atoms with Crippen LogP contribution in [0.5, 0.6) is 5.75 Å². The van der Waals surface area contributed by atoms with Gasteiger partial charge in [0.25, 0.3) is 5.97 Å². The molecule has 2 rings (SSSR count). The van der Waals surface area contributed by atoms with Gasteiger partial charge in [-0.15, -0.1) is 12.4 Å². The van der Waals surface area contributed by atoms with Crippen LogP contribution in [0.2, 0.25) is 5.02 Å². The lowest BCUT2D eigenvalue weighted by Crippen LogP contribution is -2.17. The van der Waals surface area contributed by atoms with Gasteiger partial charge in [-0.1, -0.05) is 41.9 Å². The fraction of sp³-hybridized carbons (Fsp3) is 0.278. The van der Waals surface area contributed by atoms with Crippen molar-refractivity contribution in [2.45, 2.75) is 20.1 Å². The maximum absolute atomic E-state index is 9.00. The van der Waals surface area contributed by atoms with Gasteiger partial charge in [0.1, 0.15) is 12.4 Å². The smallest absolute Gasteiger partial charge is 0.300 e. The van der Waals surface area contributed by atoms with Gasteiger partial charge >= 0.3 is 0 Å². The predicted octanol–water partition coefficient (Wildman–Crippen LogP) is 3.51. The topological polar surface area (TPSA) is 78.8 Å². The van der Waals surface area contributed by atoms with Crippen LogP contribution >= 0.6 is 24.0 Å². The Morgan fingerprint density at radius 3 is 2.32 bits per heavy atom. The van der Waals surface area contributed by atoms with Gasteiger partial charge in [0, 0.05) is 30.6 Å². The molecule has 0 unspecified atom stereocenters. The number of halogens is 2. The number of rotatable bonds is 7. The summed E-state index contributed by atoms with van der Waals surface area (Å²) in [4.78, 5) is 9.00. The molecule has 0 saturated heterocycles. The van der Waals surface area contributed by atoms with Crippen molar-refractivity contribution < 1.29 is 19.7 Å². The Morgan fingerprint density at radius 2 is 1.76 bits per heavy atom. The number of carbonyl (C=O) groups is 1. The molecule has 138 valence electrons. The van der Waals surface area contributed by atoms with E-state index in [-0.39, 0.29) is 19.0 Å². The molecule has 5 nitrogen and oxygen atoms in total. The number of aliphatic hydroxyl groups excluding tert-OH is 1. The van der Waals surface area contributed by atoms with E-state index in [2.05, 4.69) is 5.32 Å². The Labute approximate surface area is 159 Å². The van der Waals surface area contributed by atoms with Gasteiger partial charge in [-0.2, -0.15) is 0 Å². The molecule has 0 saturated carbocycles. The Balaban J connectivity index is 0.00000104. The quantitative estimate of drug-likeness (QED) is 0.633. The van der Waals surface area contributed by atoms with Gasteiger partial charge in [0.05, 0.1) is 6.61 Å². The largest absolute Gasteiger partial charge is 0.489 e. The van der Waals surface area contributed by atoms with Crippen LogP contribution < -0.4 is 10.1 Å². The van der Waals surface area contributed by atoms with Gasteiger partial charge in [-0.05, 0) is 23.8 Å². The Bertz CT molecular complexity index is 617. The minimum Gasteiger partial charge on any atom is -0.489 e. The van der Waals surface area contributed by atoms with E-state index in [4.69, 9.17) is 31.3 Å². The molecule has 2 aromatic rings.